The summed E-state index contributed by atoms with van der Waals surface area (Å²) in [6.07, 6.45) is 1.99. The summed E-state index contributed by atoms with van der Waals surface area (Å²) in [7, 11) is 2.16. The quantitative estimate of drug-likeness (QED) is 0.908. The van der Waals surface area contributed by atoms with Crippen molar-refractivity contribution < 1.29 is 5.11 Å². The van der Waals surface area contributed by atoms with Crippen molar-refractivity contribution in [3.8, 4) is 0 Å². The van der Waals surface area contributed by atoms with Gasteiger partial charge >= 0.3 is 0 Å². The normalized spacial score (nSPS) is 21.8. The summed E-state index contributed by atoms with van der Waals surface area (Å²) in [6, 6.07) is 7.56. The predicted octanol–water partition coefficient (Wildman–Crippen LogP) is 3.35. The zero-order valence-corrected chi connectivity index (χ0v) is 11.9. The number of halogens is 1. The summed E-state index contributed by atoms with van der Waals surface area (Å²) in [5.41, 5.74) is 0.978. The van der Waals surface area contributed by atoms with E-state index in [-0.39, 0.29) is 6.10 Å². The van der Waals surface area contributed by atoms with Gasteiger partial charge in [0, 0.05) is 5.02 Å². The number of benzene rings is 1. The zero-order valence-electron chi connectivity index (χ0n) is 11.1. The average Bonchev–Trinajstić information content (AvgIpc) is 2.39. The minimum absolute atomic E-state index is 0.305. The number of aliphatic hydroxyl groups excluding tert-OH is 1. The van der Waals surface area contributed by atoms with Crippen molar-refractivity contribution in [2.75, 3.05) is 20.1 Å². The molecule has 1 aromatic rings. The van der Waals surface area contributed by atoms with Crippen molar-refractivity contribution in [2.45, 2.75) is 25.9 Å². The van der Waals surface area contributed by atoms with E-state index in [9.17, 15) is 5.11 Å². The third-order valence-electron chi connectivity index (χ3n) is 4.22. The van der Waals surface area contributed by atoms with Crippen LogP contribution in [0, 0.1) is 11.8 Å². The molecule has 1 fully saturated rings. The van der Waals surface area contributed by atoms with Gasteiger partial charge in [0.1, 0.15) is 0 Å². The van der Waals surface area contributed by atoms with Gasteiger partial charge in [0.2, 0.25) is 0 Å². The Hall–Kier alpha value is -0.570. The van der Waals surface area contributed by atoms with Crippen LogP contribution in [0.2, 0.25) is 5.02 Å². The number of likely N-dealkylation sites (tertiary alicyclic amines) is 1. The SMILES string of the molecule is C[C@H](C1CCN(C)CC1)[C@@H](O)c1ccc(Cl)cc1. The van der Waals surface area contributed by atoms with Gasteiger partial charge in [-0.05, 0) is 62.5 Å². The van der Waals surface area contributed by atoms with E-state index in [0.29, 0.717) is 11.8 Å². The lowest BCUT2D eigenvalue weighted by Gasteiger charge is -2.34. The van der Waals surface area contributed by atoms with Gasteiger partial charge in [-0.15, -0.1) is 0 Å². The number of aliphatic hydroxyl groups is 1. The fourth-order valence-electron chi connectivity index (χ4n) is 2.78. The minimum Gasteiger partial charge on any atom is -0.388 e. The van der Waals surface area contributed by atoms with Crippen LogP contribution >= 0.6 is 11.6 Å². The summed E-state index contributed by atoms with van der Waals surface area (Å²) in [6.45, 7) is 4.44. The van der Waals surface area contributed by atoms with Crippen molar-refractivity contribution in [3.63, 3.8) is 0 Å². The first-order valence-corrected chi connectivity index (χ1v) is 7.08. The average molecular weight is 268 g/mol. The first-order chi connectivity index (χ1) is 8.58. The second-order valence-electron chi connectivity index (χ2n) is 5.50. The van der Waals surface area contributed by atoms with Crippen LogP contribution in [0.1, 0.15) is 31.4 Å². The van der Waals surface area contributed by atoms with E-state index in [2.05, 4.69) is 18.9 Å². The highest BCUT2D eigenvalue weighted by molar-refractivity contribution is 6.30. The molecule has 3 heteroatoms. The molecule has 0 unspecified atom stereocenters. The molecule has 0 spiro atoms. The van der Waals surface area contributed by atoms with Crippen LogP contribution in [0.5, 0.6) is 0 Å². The molecule has 1 aliphatic heterocycles. The molecular weight excluding hydrogens is 246 g/mol. The molecule has 1 aliphatic rings. The van der Waals surface area contributed by atoms with E-state index in [1.807, 2.05) is 24.3 Å². The fourth-order valence-corrected chi connectivity index (χ4v) is 2.90. The van der Waals surface area contributed by atoms with E-state index in [0.717, 1.165) is 23.7 Å². The van der Waals surface area contributed by atoms with Crippen molar-refractivity contribution in [1.29, 1.82) is 0 Å². The van der Waals surface area contributed by atoms with Crippen molar-refractivity contribution in [3.05, 3.63) is 34.9 Å². The lowest BCUT2D eigenvalue weighted by Crippen LogP contribution is -2.34. The Kier molecular flexibility index (Phi) is 4.66. The highest BCUT2D eigenvalue weighted by atomic mass is 35.5. The van der Waals surface area contributed by atoms with Crippen molar-refractivity contribution in [1.82, 2.24) is 4.90 Å². The molecule has 0 radical (unpaired) electrons. The van der Waals surface area contributed by atoms with Crippen LogP contribution in [0.25, 0.3) is 0 Å². The fraction of sp³-hybridized carbons (Fsp3) is 0.600. The molecular formula is C15H22ClNO. The molecule has 2 nitrogen and oxygen atoms in total. The second kappa shape index (κ2) is 6.05. The maximum atomic E-state index is 10.4. The number of hydrogen-bond donors (Lipinski definition) is 1. The van der Waals surface area contributed by atoms with Crippen LogP contribution in [0.3, 0.4) is 0 Å². The third kappa shape index (κ3) is 3.25. The van der Waals surface area contributed by atoms with Gasteiger partial charge in [-0.2, -0.15) is 0 Å². The minimum atomic E-state index is -0.379. The maximum absolute atomic E-state index is 10.4. The number of hydrogen-bond acceptors (Lipinski definition) is 2. The lowest BCUT2D eigenvalue weighted by molar-refractivity contribution is 0.0567. The highest BCUT2D eigenvalue weighted by Crippen LogP contribution is 2.33. The van der Waals surface area contributed by atoms with Gasteiger partial charge in [0.05, 0.1) is 6.10 Å². The predicted molar refractivity (Wildman–Crippen MR) is 75.8 cm³/mol. The second-order valence-corrected chi connectivity index (χ2v) is 5.93. The van der Waals surface area contributed by atoms with Crippen molar-refractivity contribution >= 4 is 11.6 Å². The van der Waals surface area contributed by atoms with E-state index in [1.54, 1.807) is 0 Å². The number of nitrogens with zero attached hydrogens (tertiary/aromatic N) is 1. The van der Waals surface area contributed by atoms with Crippen molar-refractivity contribution in [2.24, 2.45) is 11.8 Å². The first kappa shape index (κ1) is 13.9. The summed E-state index contributed by atoms with van der Waals surface area (Å²) in [4.78, 5) is 2.36. The smallest absolute Gasteiger partial charge is 0.0818 e. The number of rotatable bonds is 3. The topological polar surface area (TPSA) is 23.5 Å². The Morgan fingerprint density at radius 1 is 1.22 bits per heavy atom. The molecule has 0 bridgehead atoms. The molecule has 1 heterocycles. The Morgan fingerprint density at radius 2 is 1.78 bits per heavy atom. The molecule has 18 heavy (non-hydrogen) atoms. The Balaban J connectivity index is 1.99. The molecule has 2 atom stereocenters. The van der Waals surface area contributed by atoms with E-state index >= 15 is 0 Å². The van der Waals surface area contributed by atoms with E-state index in [1.165, 1.54) is 12.8 Å². The van der Waals surface area contributed by atoms with Gasteiger partial charge in [0.25, 0.3) is 0 Å². The first-order valence-electron chi connectivity index (χ1n) is 6.70. The zero-order chi connectivity index (χ0) is 13.1. The Morgan fingerprint density at radius 3 is 2.33 bits per heavy atom. The Bertz CT molecular complexity index is 371. The molecule has 1 N–H and O–H groups in total. The molecule has 2 rings (SSSR count). The summed E-state index contributed by atoms with van der Waals surface area (Å²) in [5.74, 6) is 0.923. The molecule has 1 saturated heterocycles. The third-order valence-corrected chi connectivity index (χ3v) is 4.47. The molecule has 0 saturated carbocycles. The molecule has 0 aliphatic carbocycles. The van der Waals surface area contributed by atoms with E-state index in [4.69, 9.17) is 11.6 Å². The highest BCUT2D eigenvalue weighted by Gasteiger charge is 2.27. The molecule has 1 aromatic carbocycles. The summed E-state index contributed by atoms with van der Waals surface area (Å²) < 4.78 is 0. The monoisotopic (exact) mass is 267 g/mol. The van der Waals surface area contributed by atoms with E-state index < -0.39 is 0 Å². The standard InChI is InChI=1S/C15H22ClNO/c1-11(12-7-9-17(2)10-8-12)15(18)13-3-5-14(16)6-4-13/h3-6,11-12,15,18H,7-10H2,1-2H3/t11-,15-/m1/s1. The van der Waals surface area contributed by atoms with Gasteiger partial charge in [-0.3, -0.25) is 0 Å². The maximum Gasteiger partial charge on any atom is 0.0818 e. The van der Waals surface area contributed by atoms with Crippen LogP contribution < -0.4 is 0 Å². The van der Waals surface area contributed by atoms with Crippen LogP contribution in [0.4, 0.5) is 0 Å². The van der Waals surface area contributed by atoms with Crippen LogP contribution in [-0.4, -0.2) is 30.1 Å². The lowest BCUT2D eigenvalue weighted by atomic mass is 9.80. The molecule has 0 amide bonds. The van der Waals surface area contributed by atoms with Crippen LogP contribution in [-0.2, 0) is 0 Å². The summed E-state index contributed by atoms with van der Waals surface area (Å²) >= 11 is 5.87. The number of piperidine rings is 1. The van der Waals surface area contributed by atoms with Crippen LogP contribution in [0.15, 0.2) is 24.3 Å². The Labute approximate surface area is 115 Å². The molecule has 0 aromatic heterocycles. The molecule has 100 valence electrons. The summed E-state index contributed by atoms with van der Waals surface area (Å²) in [5, 5.41) is 11.2. The largest absolute Gasteiger partial charge is 0.388 e. The van der Waals surface area contributed by atoms with Gasteiger partial charge in [-0.1, -0.05) is 30.7 Å². The van der Waals surface area contributed by atoms with Gasteiger partial charge < -0.3 is 10.0 Å². The van der Waals surface area contributed by atoms with Gasteiger partial charge in [-0.25, -0.2) is 0 Å². The van der Waals surface area contributed by atoms with Gasteiger partial charge in [0.15, 0.2) is 0 Å².